The van der Waals surface area contributed by atoms with Gasteiger partial charge >= 0.3 is 0 Å². The molecule has 174 valence electrons. The molecule has 0 atom stereocenters. The minimum absolute atomic E-state index is 0.154. The topological polar surface area (TPSA) is 115 Å². The number of benzene rings is 2. The van der Waals surface area contributed by atoms with Gasteiger partial charge in [-0.2, -0.15) is 0 Å². The van der Waals surface area contributed by atoms with E-state index in [4.69, 9.17) is 0 Å². The summed E-state index contributed by atoms with van der Waals surface area (Å²) in [5.74, 6) is 1.25. The van der Waals surface area contributed by atoms with Crippen LogP contribution in [0.15, 0.2) is 85.8 Å². The normalized spacial score (nSPS) is 10.8. The number of carbonyl (C=O) groups excluding carboxylic acids is 1. The number of nitrogens with one attached hydrogen (secondary N) is 2. The van der Waals surface area contributed by atoms with Crippen molar-refractivity contribution in [2.24, 2.45) is 7.05 Å². The van der Waals surface area contributed by atoms with Gasteiger partial charge in [0.15, 0.2) is 11.6 Å². The molecular weight excluding hydrogens is 442 g/mol. The maximum atomic E-state index is 12.9. The van der Waals surface area contributed by atoms with E-state index in [0.717, 1.165) is 22.8 Å². The Morgan fingerprint density at radius 2 is 1.89 bits per heavy atom. The fourth-order valence-electron chi connectivity index (χ4n) is 3.70. The molecule has 2 aromatic carbocycles. The van der Waals surface area contributed by atoms with Crippen LogP contribution >= 0.6 is 0 Å². The van der Waals surface area contributed by atoms with E-state index in [1.165, 1.54) is 6.33 Å². The molecule has 0 aliphatic carbocycles. The molecule has 0 fully saturated rings. The molecule has 3 aromatic heterocycles. The molecule has 1 amide bonds. The first-order chi connectivity index (χ1) is 17.2. The first kappa shape index (κ1) is 22.0. The minimum Gasteiger partial charge on any atom is -0.378 e. The standard InChI is InChI=1S/C25H23N9O/c1-33-23(31-32-24(33)21-9-10-26-16-30-21)15-28-20-7-4-6-18(13-20)25(35)29-14-19-5-2-3-8-22(19)34-12-11-27-17-34/h2-13,16-17,28H,14-15H2,1H3,(H,29,35). The molecule has 0 aliphatic heterocycles. The van der Waals surface area contributed by atoms with Crippen molar-refractivity contribution in [1.29, 1.82) is 0 Å². The lowest BCUT2D eigenvalue weighted by Gasteiger charge is -2.12. The van der Waals surface area contributed by atoms with Gasteiger partial charge < -0.3 is 19.8 Å². The molecule has 0 saturated carbocycles. The van der Waals surface area contributed by atoms with E-state index in [0.29, 0.717) is 30.2 Å². The summed E-state index contributed by atoms with van der Waals surface area (Å²) >= 11 is 0. The maximum absolute atomic E-state index is 12.9. The van der Waals surface area contributed by atoms with Crippen LogP contribution in [-0.2, 0) is 20.1 Å². The van der Waals surface area contributed by atoms with Crippen molar-refractivity contribution in [1.82, 2.24) is 39.6 Å². The van der Waals surface area contributed by atoms with E-state index in [-0.39, 0.29) is 5.91 Å². The van der Waals surface area contributed by atoms with Gasteiger partial charge in [-0.05, 0) is 35.9 Å². The zero-order chi connectivity index (χ0) is 24.0. The third kappa shape index (κ3) is 4.91. The largest absolute Gasteiger partial charge is 0.378 e. The summed E-state index contributed by atoms with van der Waals surface area (Å²) < 4.78 is 3.80. The Hall–Kier alpha value is -4.86. The Kier molecular flexibility index (Phi) is 6.25. The fourth-order valence-corrected chi connectivity index (χ4v) is 3.70. The first-order valence-corrected chi connectivity index (χ1v) is 11.0. The summed E-state index contributed by atoms with van der Waals surface area (Å²) in [4.78, 5) is 25.1. The lowest BCUT2D eigenvalue weighted by atomic mass is 10.1. The SMILES string of the molecule is Cn1c(CNc2cccc(C(=O)NCc3ccccc3-n3ccnc3)c2)nnc1-c1ccncn1. The van der Waals surface area contributed by atoms with Crippen LogP contribution in [0.2, 0.25) is 0 Å². The highest BCUT2D eigenvalue weighted by Gasteiger charge is 2.12. The number of hydrogen-bond acceptors (Lipinski definition) is 7. The van der Waals surface area contributed by atoms with E-state index in [1.54, 1.807) is 30.9 Å². The number of anilines is 1. The second kappa shape index (κ2) is 9.96. The van der Waals surface area contributed by atoms with Crippen molar-refractivity contribution in [3.8, 4) is 17.2 Å². The Morgan fingerprint density at radius 1 is 0.971 bits per heavy atom. The number of hydrogen-bond donors (Lipinski definition) is 2. The van der Waals surface area contributed by atoms with Crippen LogP contribution in [0.1, 0.15) is 21.7 Å². The molecule has 2 N–H and O–H groups in total. The van der Waals surface area contributed by atoms with Crippen molar-refractivity contribution < 1.29 is 4.79 Å². The van der Waals surface area contributed by atoms with Crippen LogP contribution < -0.4 is 10.6 Å². The zero-order valence-corrected chi connectivity index (χ0v) is 19.0. The second-order valence-electron chi connectivity index (χ2n) is 7.81. The van der Waals surface area contributed by atoms with Crippen LogP contribution in [0.3, 0.4) is 0 Å². The number of rotatable bonds is 8. The third-order valence-corrected chi connectivity index (χ3v) is 5.57. The van der Waals surface area contributed by atoms with Gasteiger partial charge in [-0.1, -0.05) is 24.3 Å². The van der Waals surface area contributed by atoms with Gasteiger partial charge in [-0.15, -0.1) is 10.2 Å². The van der Waals surface area contributed by atoms with Crippen molar-refractivity contribution in [2.45, 2.75) is 13.1 Å². The van der Waals surface area contributed by atoms with Crippen molar-refractivity contribution in [2.75, 3.05) is 5.32 Å². The molecule has 0 bridgehead atoms. The highest BCUT2D eigenvalue weighted by Crippen LogP contribution is 2.17. The summed E-state index contributed by atoms with van der Waals surface area (Å²) in [5, 5.41) is 14.8. The molecule has 5 rings (SSSR count). The predicted molar refractivity (Wildman–Crippen MR) is 131 cm³/mol. The van der Waals surface area contributed by atoms with Crippen molar-refractivity contribution in [3.63, 3.8) is 0 Å². The quantitative estimate of drug-likeness (QED) is 0.362. The number of para-hydroxylation sites is 1. The van der Waals surface area contributed by atoms with Gasteiger partial charge in [-0.3, -0.25) is 4.79 Å². The molecule has 5 aromatic rings. The van der Waals surface area contributed by atoms with E-state index < -0.39 is 0 Å². The van der Waals surface area contributed by atoms with Gasteiger partial charge in [0.2, 0.25) is 0 Å². The summed E-state index contributed by atoms with van der Waals surface area (Å²) in [6.07, 6.45) is 8.50. The van der Waals surface area contributed by atoms with Gasteiger partial charge in [-0.25, -0.2) is 15.0 Å². The summed E-state index contributed by atoms with van der Waals surface area (Å²) in [5.41, 5.74) is 4.05. The molecular formula is C25H23N9O. The molecule has 0 radical (unpaired) electrons. The van der Waals surface area contributed by atoms with Gasteiger partial charge in [0.05, 0.1) is 18.6 Å². The summed E-state index contributed by atoms with van der Waals surface area (Å²) in [6, 6.07) is 17.1. The number of imidazole rings is 1. The maximum Gasteiger partial charge on any atom is 0.251 e. The van der Waals surface area contributed by atoms with Gasteiger partial charge in [0, 0.05) is 43.4 Å². The third-order valence-electron chi connectivity index (χ3n) is 5.57. The molecule has 0 unspecified atom stereocenters. The molecule has 0 spiro atoms. The monoisotopic (exact) mass is 465 g/mol. The van der Waals surface area contributed by atoms with Crippen LogP contribution in [0.5, 0.6) is 0 Å². The molecule has 0 aliphatic rings. The molecule has 35 heavy (non-hydrogen) atoms. The van der Waals surface area contributed by atoms with E-state index in [9.17, 15) is 4.79 Å². The van der Waals surface area contributed by atoms with Gasteiger partial charge in [0.25, 0.3) is 5.91 Å². The number of amides is 1. The molecule has 10 nitrogen and oxygen atoms in total. The lowest BCUT2D eigenvalue weighted by molar-refractivity contribution is 0.0951. The molecule has 10 heteroatoms. The van der Waals surface area contributed by atoms with Crippen LogP contribution in [-0.4, -0.2) is 40.2 Å². The van der Waals surface area contributed by atoms with Crippen LogP contribution in [0.4, 0.5) is 5.69 Å². The van der Waals surface area contributed by atoms with Crippen LogP contribution in [0, 0.1) is 0 Å². The van der Waals surface area contributed by atoms with Crippen LogP contribution in [0.25, 0.3) is 17.2 Å². The minimum atomic E-state index is -0.154. The van der Waals surface area contributed by atoms with Gasteiger partial charge in [0.1, 0.15) is 12.0 Å². The smallest absolute Gasteiger partial charge is 0.251 e. The molecule has 3 heterocycles. The highest BCUT2D eigenvalue weighted by molar-refractivity contribution is 5.95. The summed E-state index contributed by atoms with van der Waals surface area (Å²) in [6.45, 7) is 0.841. The second-order valence-corrected chi connectivity index (χ2v) is 7.81. The van der Waals surface area contributed by atoms with Crippen molar-refractivity contribution in [3.05, 3.63) is 103 Å². The zero-order valence-electron chi connectivity index (χ0n) is 19.0. The Morgan fingerprint density at radius 3 is 2.71 bits per heavy atom. The summed E-state index contributed by atoms with van der Waals surface area (Å²) in [7, 11) is 1.89. The Bertz CT molecular complexity index is 1430. The average molecular weight is 466 g/mol. The molecule has 0 saturated heterocycles. The number of nitrogens with zero attached hydrogens (tertiary/aromatic N) is 7. The van der Waals surface area contributed by atoms with E-state index in [1.807, 2.05) is 64.8 Å². The number of carbonyl (C=O) groups is 1. The van der Waals surface area contributed by atoms with E-state index in [2.05, 4.69) is 35.8 Å². The number of aromatic nitrogens is 7. The Balaban J connectivity index is 1.23. The van der Waals surface area contributed by atoms with Crippen molar-refractivity contribution >= 4 is 11.6 Å². The average Bonchev–Trinajstić information content (AvgIpc) is 3.57. The predicted octanol–water partition coefficient (Wildman–Crippen LogP) is 3.00. The highest BCUT2D eigenvalue weighted by atomic mass is 16.1. The first-order valence-electron chi connectivity index (χ1n) is 11.0. The Labute approximate surface area is 201 Å². The lowest BCUT2D eigenvalue weighted by Crippen LogP contribution is -2.23. The van der Waals surface area contributed by atoms with E-state index >= 15 is 0 Å². The fraction of sp³-hybridized carbons (Fsp3) is 0.120.